The summed E-state index contributed by atoms with van der Waals surface area (Å²) in [5.41, 5.74) is 6.18. The standard InChI is InChI=1S/C13H11BrFN3O/c1-7-4-9(16)5-10(12(7)15)13(19)18-11-3-2-8(14)6-17-11/h2-6H,16H2,1H3,(H,17,18,19). The van der Waals surface area contributed by atoms with Crippen molar-refractivity contribution in [2.24, 2.45) is 0 Å². The maximum absolute atomic E-state index is 13.9. The molecule has 0 aliphatic carbocycles. The summed E-state index contributed by atoms with van der Waals surface area (Å²) in [7, 11) is 0. The third-order valence-electron chi connectivity index (χ3n) is 2.49. The summed E-state index contributed by atoms with van der Waals surface area (Å²) in [6.45, 7) is 1.56. The zero-order valence-electron chi connectivity index (χ0n) is 10.1. The molecule has 0 unspecified atom stereocenters. The van der Waals surface area contributed by atoms with E-state index in [1.165, 1.54) is 18.3 Å². The van der Waals surface area contributed by atoms with Gasteiger partial charge in [-0.05, 0) is 52.7 Å². The summed E-state index contributed by atoms with van der Waals surface area (Å²) < 4.78 is 14.6. The second kappa shape index (κ2) is 5.36. The maximum atomic E-state index is 13.9. The Balaban J connectivity index is 2.27. The van der Waals surface area contributed by atoms with Crippen molar-refractivity contribution in [3.05, 3.63) is 51.9 Å². The lowest BCUT2D eigenvalue weighted by Crippen LogP contribution is -2.15. The molecule has 4 nitrogen and oxygen atoms in total. The van der Waals surface area contributed by atoms with Gasteiger partial charge in [-0.3, -0.25) is 4.79 Å². The lowest BCUT2D eigenvalue weighted by molar-refractivity contribution is 0.102. The van der Waals surface area contributed by atoms with Gasteiger partial charge in [0.2, 0.25) is 0 Å². The van der Waals surface area contributed by atoms with Crippen LogP contribution in [0.1, 0.15) is 15.9 Å². The predicted molar refractivity (Wildman–Crippen MR) is 75.4 cm³/mol. The van der Waals surface area contributed by atoms with Crippen molar-refractivity contribution in [2.45, 2.75) is 6.92 Å². The predicted octanol–water partition coefficient (Wildman–Crippen LogP) is 3.13. The smallest absolute Gasteiger partial charge is 0.259 e. The molecule has 0 aliphatic rings. The van der Waals surface area contributed by atoms with E-state index in [2.05, 4.69) is 26.2 Å². The number of nitrogen functional groups attached to an aromatic ring is 1. The minimum absolute atomic E-state index is 0.0952. The molecular weight excluding hydrogens is 313 g/mol. The molecule has 3 N–H and O–H groups in total. The first kappa shape index (κ1) is 13.5. The quantitative estimate of drug-likeness (QED) is 0.834. The molecule has 1 aromatic heterocycles. The first-order valence-electron chi connectivity index (χ1n) is 5.46. The molecule has 0 atom stereocenters. The summed E-state index contributed by atoms with van der Waals surface area (Å²) in [5.74, 6) is -0.820. The number of anilines is 2. The SMILES string of the molecule is Cc1cc(N)cc(C(=O)Nc2ccc(Br)cn2)c1F. The van der Waals surface area contributed by atoms with Gasteiger partial charge in [-0.1, -0.05) is 0 Å². The number of carbonyl (C=O) groups is 1. The van der Waals surface area contributed by atoms with E-state index in [9.17, 15) is 9.18 Å². The molecule has 6 heteroatoms. The highest BCUT2D eigenvalue weighted by Gasteiger charge is 2.15. The van der Waals surface area contributed by atoms with Crippen molar-refractivity contribution in [1.29, 1.82) is 0 Å². The Bertz CT molecular complexity index is 629. The van der Waals surface area contributed by atoms with E-state index in [4.69, 9.17) is 5.73 Å². The third-order valence-corrected chi connectivity index (χ3v) is 2.96. The number of nitrogens with two attached hydrogens (primary N) is 1. The van der Waals surface area contributed by atoms with Gasteiger partial charge in [0.1, 0.15) is 11.6 Å². The van der Waals surface area contributed by atoms with Gasteiger partial charge < -0.3 is 11.1 Å². The van der Waals surface area contributed by atoms with Crippen LogP contribution in [0.15, 0.2) is 34.9 Å². The number of nitrogens with zero attached hydrogens (tertiary/aromatic N) is 1. The number of halogens is 2. The molecule has 2 aromatic rings. The number of aromatic nitrogens is 1. The molecule has 0 saturated carbocycles. The Kier molecular flexibility index (Phi) is 3.80. The largest absolute Gasteiger partial charge is 0.399 e. The van der Waals surface area contributed by atoms with Crippen molar-refractivity contribution in [2.75, 3.05) is 11.1 Å². The molecule has 98 valence electrons. The van der Waals surface area contributed by atoms with Crippen LogP contribution in [0.4, 0.5) is 15.9 Å². The highest BCUT2D eigenvalue weighted by Crippen LogP contribution is 2.18. The fraction of sp³-hybridized carbons (Fsp3) is 0.0769. The van der Waals surface area contributed by atoms with E-state index in [0.717, 1.165) is 4.47 Å². The van der Waals surface area contributed by atoms with E-state index in [1.54, 1.807) is 19.1 Å². The Labute approximate surface area is 118 Å². The van der Waals surface area contributed by atoms with Crippen LogP contribution >= 0.6 is 15.9 Å². The van der Waals surface area contributed by atoms with Crippen molar-refractivity contribution >= 4 is 33.3 Å². The van der Waals surface area contributed by atoms with Crippen LogP contribution in [-0.4, -0.2) is 10.9 Å². The summed E-state index contributed by atoms with van der Waals surface area (Å²) in [4.78, 5) is 16.0. The van der Waals surface area contributed by atoms with Crippen molar-refractivity contribution in [1.82, 2.24) is 4.98 Å². The molecule has 0 radical (unpaired) electrons. The van der Waals surface area contributed by atoms with Gasteiger partial charge >= 0.3 is 0 Å². The van der Waals surface area contributed by atoms with Crippen LogP contribution in [0.2, 0.25) is 0 Å². The van der Waals surface area contributed by atoms with Crippen LogP contribution in [0, 0.1) is 12.7 Å². The molecule has 0 bridgehead atoms. The Morgan fingerprint density at radius 3 is 2.79 bits per heavy atom. The fourth-order valence-corrected chi connectivity index (χ4v) is 1.83. The Hall–Kier alpha value is -1.95. The van der Waals surface area contributed by atoms with Crippen molar-refractivity contribution < 1.29 is 9.18 Å². The van der Waals surface area contributed by atoms with Crippen LogP contribution in [-0.2, 0) is 0 Å². The molecule has 0 saturated heterocycles. The van der Waals surface area contributed by atoms with E-state index in [1.807, 2.05) is 0 Å². The topological polar surface area (TPSA) is 68.0 Å². The van der Waals surface area contributed by atoms with Gasteiger partial charge in [0.05, 0.1) is 5.56 Å². The first-order valence-corrected chi connectivity index (χ1v) is 6.25. The molecule has 19 heavy (non-hydrogen) atoms. The average Bonchev–Trinajstić information content (AvgIpc) is 2.36. The molecule has 0 aliphatic heterocycles. The van der Waals surface area contributed by atoms with Crippen molar-refractivity contribution in [3.8, 4) is 0 Å². The number of nitrogens with one attached hydrogen (secondary N) is 1. The molecular formula is C13H11BrFN3O. The molecule has 1 aromatic carbocycles. The average molecular weight is 324 g/mol. The Morgan fingerprint density at radius 1 is 1.42 bits per heavy atom. The lowest BCUT2D eigenvalue weighted by Gasteiger charge is -2.08. The highest BCUT2D eigenvalue weighted by molar-refractivity contribution is 9.10. The fourth-order valence-electron chi connectivity index (χ4n) is 1.60. The number of hydrogen-bond donors (Lipinski definition) is 2. The molecule has 0 spiro atoms. The summed E-state index contributed by atoms with van der Waals surface area (Å²) in [6, 6.07) is 6.11. The lowest BCUT2D eigenvalue weighted by atomic mass is 10.1. The van der Waals surface area contributed by atoms with E-state index >= 15 is 0 Å². The summed E-state index contributed by atoms with van der Waals surface area (Å²) in [6.07, 6.45) is 1.54. The Morgan fingerprint density at radius 2 is 2.16 bits per heavy atom. The van der Waals surface area contributed by atoms with E-state index in [0.29, 0.717) is 17.1 Å². The first-order chi connectivity index (χ1) is 8.97. The van der Waals surface area contributed by atoms with Gasteiger partial charge in [0.25, 0.3) is 5.91 Å². The zero-order chi connectivity index (χ0) is 14.0. The number of carbonyl (C=O) groups excluding carboxylic acids is 1. The molecule has 1 amide bonds. The van der Waals surface area contributed by atoms with Gasteiger partial charge in [-0.25, -0.2) is 9.37 Å². The minimum atomic E-state index is -0.581. The number of pyridine rings is 1. The monoisotopic (exact) mass is 323 g/mol. The van der Waals surface area contributed by atoms with E-state index in [-0.39, 0.29) is 5.56 Å². The van der Waals surface area contributed by atoms with Crippen molar-refractivity contribution in [3.63, 3.8) is 0 Å². The van der Waals surface area contributed by atoms with Gasteiger partial charge in [0.15, 0.2) is 0 Å². The molecule has 0 fully saturated rings. The van der Waals surface area contributed by atoms with Crippen LogP contribution in [0.5, 0.6) is 0 Å². The number of aryl methyl sites for hydroxylation is 1. The minimum Gasteiger partial charge on any atom is -0.399 e. The number of benzene rings is 1. The molecule has 1 heterocycles. The van der Waals surface area contributed by atoms with Crippen LogP contribution in [0.3, 0.4) is 0 Å². The summed E-state index contributed by atoms with van der Waals surface area (Å²) in [5, 5.41) is 2.51. The van der Waals surface area contributed by atoms with Crippen LogP contribution < -0.4 is 11.1 Å². The zero-order valence-corrected chi connectivity index (χ0v) is 11.7. The van der Waals surface area contributed by atoms with Gasteiger partial charge in [-0.2, -0.15) is 0 Å². The van der Waals surface area contributed by atoms with Gasteiger partial charge in [-0.15, -0.1) is 0 Å². The van der Waals surface area contributed by atoms with E-state index < -0.39 is 11.7 Å². The number of rotatable bonds is 2. The maximum Gasteiger partial charge on any atom is 0.259 e. The summed E-state index contributed by atoms with van der Waals surface area (Å²) >= 11 is 3.24. The third kappa shape index (κ3) is 3.08. The number of amides is 1. The molecule has 2 rings (SSSR count). The highest BCUT2D eigenvalue weighted by atomic mass is 79.9. The number of hydrogen-bond acceptors (Lipinski definition) is 3. The normalized spacial score (nSPS) is 10.3. The second-order valence-corrected chi connectivity index (χ2v) is 4.93. The van der Waals surface area contributed by atoms with Crippen LogP contribution in [0.25, 0.3) is 0 Å². The van der Waals surface area contributed by atoms with Gasteiger partial charge in [0, 0.05) is 16.4 Å². The second-order valence-electron chi connectivity index (χ2n) is 4.02.